The van der Waals surface area contributed by atoms with Crippen LogP contribution >= 0.6 is 31.9 Å². The first-order chi connectivity index (χ1) is 7.26. The van der Waals surface area contributed by atoms with Gasteiger partial charge in [0, 0.05) is 28.0 Å². The fourth-order valence-electron chi connectivity index (χ4n) is 1.85. The van der Waals surface area contributed by atoms with Gasteiger partial charge in [-0.2, -0.15) is 0 Å². The number of nitrogens with zero attached hydrogens (tertiary/aromatic N) is 1. The summed E-state index contributed by atoms with van der Waals surface area (Å²) in [6, 6.07) is 3.99. The Morgan fingerprint density at radius 3 is 3.00 bits per heavy atom. The second kappa shape index (κ2) is 4.93. The molecule has 1 saturated heterocycles. The number of aromatic nitrogens is 1. The van der Waals surface area contributed by atoms with Gasteiger partial charge in [0.1, 0.15) is 0 Å². The molecule has 1 aliphatic rings. The zero-order valence-electron chi connectivity index (χ0n) is 8.38. The number of hydrogen-bond donors (Lipinski definition) is 0. The van der Waals surface area contributed by atoms with E-state index in [-0.39, 0.29) is 5.41 Å². The molecule has 0 aliphatic carbocycles. The first kappa shape index (κ1) is 11.6. The van der Waals surface area contributed by atoms with Crippen LogP contribution in [0.5, 0.6) is 0 Å². The molecule has 1 atom stereocenters. The predicted molar refractivity (Wildman–Crippen MR) is 67.3 cm³/mol. The van der Waals surface area contributed by atoms with Gasteiger partial charge in [-0.1, -0.05) is 15.9 Å². The maximum absolute atomic E-state index is 5.49. The number of rotatable bonds is 3. The topological polar surface area (TPSA) is 22.1 Å². The van der Waals surface area contributed by atoms with Crippen molar-refractivity contribution in [2.45, 2.75) is 12.8 Å². The lowest BCUT2D eigenvalue weighted by Crippen LogP contribution is -2.26. The van der Waals surface area contributed by atoms with E-state index >= 15 is 0 Å². The Kier molecular flexibility index (Phi) is 3.80. The molecule has 1 unspecified atom stereocenters. The van der Waals surface area contributed by atoms with Gasteiger partial charge in [0.2, 0.25) is 0 Å². The highest BCUT2D eigenvalue weighted by Crippen LogP contribution is 2.35. The molecule has 2 rings (SSSR count). The van der Waals surface area contributed by atoms with Crippen LogP contribution in [0.4, 0.5) is 0 Å². The van der Waals surface area contributed by atoms with Gasteiger partial charge in [0.25, 0.3) is 0 Å². The Labute approximate surface area is 107 Å². The summed E-state index contributed by atoms with van der Waals surface area (Å²) in [5.41, 5.74) is 1.36. The Balaban J connectivity index is 2.16. The van der Waals surface area contributed by atoms with Crippen LogP contribution in [-0.2, 0) is 11.2 Å². The second-order valence-electron chi connectivity index (χ2n) is 4.04. The molecule has 15 heavy (non-hydrogen) atoms. The molecule has 82 valence electrons. The summed E-state index contributed by atoms with van der Waals surface area (Å²) in [5.74, 6) is 0. The molecule has 1 fully saturated rings. The van der Waals surface area contributed by atoms with E-state index in [4.69, 9.17) is 4.74 Å². The average molecular weight is 335 g/mol. The minimum absolute atomic E-state index is 0.233. The third-order valence-electron chi connectivity index (χ3n) is 2.85. The molecule has 0 bridgehead atoms. The van der Waals surface area contributed by atoms with E-state index in [1.54, 1.807) is 0 Å². The van der Waals surface area contributed by atoms with Gasteiger partial charge in [-0.05, 0) is 40.9 Å². The van der Waals surface area contributed by atoms with Crippen molar-refractivity contribution in [3.63, 3.8) is 0 Å². The first-order valence-corrected chi connectivity index (χ1v) is 6.90. The van der Waals surface area contributed by atoms with E-state index in [2.05, 4.69) is 36.8 Å². The van der Waals surface area contributed by atoms with E-state index in [9.17, 15) is 0 Å². The first-order valence-electron chi connectivity index (χ1n) is 4.99. The lowest BCUT2D eigenvalue weighted by atomic mass is 9.85. The second-order valence-corrected chi connectivity index (χ2v) is 5.46. The zero-order valence-corrected chi connectivity index (χ0v) is 11.6. The highest BCUT2D eigenvalue weighted by molar-refractivity contribution is 9.10. The summed E-state index contributed by atoms with van der Waals surface area (Å²) < 4.78 is 6.58. The lowest BCUT2D eigenvalue weighted by Gasteiger charge is -2.24. The predicted octanol–water partition coefficient (Wildman–Crippen LogP) is 3.19. The van der Waals surface area contributed by atoms with E-state index in [0.717, 1.165) is 41.6 Å². The molecular weight excluding hydrogens is 322 g/mol. The van der Waals surface area contributed by atoms with Gasteiger partial charge < -0.3 is 4.74 Å². The Morgan fingerprint density at radius 2 is 2.40 bits per heavy atom. The van der Waals surface area contributed by atoms with Crippen molar-refractivity contribution in [1.82, 2.24) is 4.98 Å². The number of alkyl halides is 1. The van der Waals surface area contributed by atoms with Crippen LogP contribution in [0.25, 0.3) is 0 Å². The van der Waals surface area contributed by atoms with Crippen molar-refractivity contribution in [3.05, 3.63) is 28.5 Å². The summed E-state index contributed by atoms with van der Waals surface area (Å²) in [5, 5.41) is 0.975. The third kappa shape index (κ3) is 2.60. The summed E-state index contributed by atoms with van der Waals surface area (Å²) >= 11 is 7.13. The summed E-state index contributed by atoms with van der Waals surface area (Å²) in [6.45, 7) is 1.71. The molecule has 2 nitrogen and oxygen atoms in total. The quantitative estimate of drug-likeness (QED) is 0.792. The molecule has 0 spiro atoms. The molecule has 0 aromatic carbocycles. The van der Waals surface area contributed by atoms with Crippen LogP contribution in [0.2, 0.25) is 0 Å². The number of halogens is 2. The molecular formula is C11H13Br2NO. The fourth-order valence-corrected chi connectivity index (χ4v) is 2.88. The van der Waals surface area contributed by atoms with Crippen molar-refractivity contribution < 1.29 is 4.74 Å². The van der Waals surface area contributed by atoms with Gasteiger partial charge in [0.05, 0.1) is 12.3 Å². The van der Waals surface area contributed by atoms with Gasteiger partial charge in [-0.15, -0.1) is 0 Å². The van der Waals surface area contributed by atoms with E-state index in [0.29, 0.717) is 0 Å². The van der Waals surface area contributed by atoms with Crippen LogP contribution in [0.3, 0.4) is 0 Å². The van der Waals surface area contributed by atoms with Crippen molar-refractivity contribution in [1.29, 1.82) is 0 Å². The molecule has 0 radical (unpaired) electrons. The molecule has 0 saturated carbocycles. The number of hydrogen-bond acceptors (Lipinski definition) is 2. The van der Waals surface area contributed by atoms with Gasteiger partial charge in [-0.3, -0.25) is 4.98 Å². The molecule has 4 heteroatoms. The smallest absolute Gasteiger partial charge is 0.0552 e. The van der Waals surface area contributed by atoms with Gasteiger partial charge in [0.15, 0.2) is 0 Å². The number of ether oxygens (including phenoxy) is 1. The Morgan fingerprint density at radius 1 is 1.53 bits per heavy atom. The molecule has 2 heterocycles. The Hall–Kier alpha value is 0.0700. The molecule has 0 N–H and O–H groups in total. The van der Waals surface area contributed by atoms with E-state index in [1.165, 1.54) is 0 Å². The summed E-state index contributed by atoms with van der Waals surface area (Å²) in [7, 11) is 0. The lowest BCUT2D eigenvalue weighted by molar-refractivity contribution is 0.161. The van der Waals surface area contributed by atoms with E-state index < -0.39 is 0 Å². The van der Waals surface area contributed by atoms with Gasteiger partial charge >= 0.3 is 0 Å². The fraction of sp³-hybridized carbons (Fsp3) is 0.545. The zero-order chi connectivity index (χ0) is 10.7. The highest BCUT2D eigenvalue weighted by Gasteiger charge is 2.34. The van der Waals surface area contributed by atoms with Crippen molar-refractivity contribution in [3.8, 4) is 0 Å². The summed E-state index contributed by atoms with van der Waals surface area (Å²) in [4.78, 5) is 4.41. The largest absolute Gasteiger partial charge is 0.381 e. The number of pyridine rings is 1. The van der Waals surface area contributed by atoms with Gasteiger partial charge in [-0.25, -0.2) is 0 Å². The third-order valence-corrected chi connectivity index (χ3v) is 4.76. The standard InChI is InChI=1S/C11H13Br2NO/c12-7-11(3-5-15-8-11)6-10-9(13)2-1-4-14-10/h1-2,4H,3,5-8H2. The molecule has 1 aliphatic heterocycles. The molecule has 0 amide bonds. The maximum Gasteiger partial charge on any atom is 0.0552 e. The Bertz CT molecular complexity index is 337. The summed E-state index contributed by atoms with van der Waals surface area (Å²) in [6.07, 6.45) is 3.93. The monoisotopic (exact) mass is 333 g/mol. The van der Waals surface area contributed by atoms with Crippen LogP contribution < -0.4 is 0 Å². The van der Waals surface area contributed by atoms with Crippen LogP contribution in [-0.4, -0.2) is 23.5 Å². The minimum atomic E-state index is 0.233. The highest BCUT2D eigenvalue weighted by atomic mass is 79.9. The molecule has 1 aromatic heterocycles. The van der Waals surface area contributed by atoms with Crippen molar-refractivity contribution >= 4 is 31.9 Å². The SMILES string of the molecule is BrCC1(Cc2ncccc2Br)CCOC1. The van der Waals surface area contributed by atoms with Crippen LogP contribution in [0.1, 0.15) is 12.1 Å². The van der Waals surface area contributed by atoms with E-state index in [1.807, 2.05) is 18.3 Å². The normalized spacial score (nSPS) is 25.7. The van der Waals surface area contributed by atoms with Crippen molar-refractivity contribution in [2.24, 2.45) is 5.41 Å². The molecule has 1 aromatic rings. The van der Waals surface area contributed by atoms with Crippen LogP contribution in [0.15, 0.2) is 22.8 Å². The van der Waals surface area contributed by atoms with Crippen LogP contribution in [0, 0.1) is 5.41 Å². The minimum Gasteiger partial charge on any atom is -0.381 e. The maximum atomic E-state index is 5.49. The average Bonchev–Trinajstić information content (AvgIpc) is 2.71. The van der Waals surface area contributed by atoms with Crippen molar-refractivity contribution in [2.75, 3.05) is 18.5 Å².